The molecule has 4 nitrogen and oxygen atoms in total. The third kappa shape index (κ3) is 2.62. The zero-order chi connectivity index (χ0) is 18.3. The highest BCUT2D eigenvalue weighted by Crippen LogP contribution is 2.69. The van der Waals surface area contributed by atoms with Crippen LogP contribution in [-0.4, -0.2) is 24.6 Å². The molecule has 4 fully saturated rings. The van der Waals surface area contributed by atoms with Gasteiger partial charge in [0.05, 0.1) is 18.4 Å². The van der Waals surface area contributed by atoms with E-state index in [9.17, 15) is 9.59 Å². The summed E-state index contributed by atoms with van der Waals surface area (Å²) in [7, 11) is 0. The SMILES string of the molecule is CC(C)(C)CC1(C(=O)OC2CC3CC2C2(COC(=O)C2)C3)CC1(C)C. The maximum absolute atomic E-state index is 13.2. The molecule has 140 valence electrons. The molecule has 1 spiro atoms. The molecule has 4 aliphatic rings. The fourth-order valence-electron chi connectivity index (χ4n) is 6.34. The van der Waals surface area contributed by atoms with E-state index >= 15 is 0 Å². The molecule has 1 heterocycles. The van der Waals surface area contributed by atoms with Crippen molar-refractivity contribution in [2.75, 3.05) is 6.61 Å². The summed E-state index contributed by atoms with van der Waals surface area (Å²) in [5.41, 5.74) is -0.253. The maximum Gasteiger partial charge on any atom is 0.312 e. The van der Waals surface area contributed by atoms with Crippen molar-refractivity contribution in [2.45, 2.75) is 79.2 Å². The third-order valence-electron chi connectivity index (χ3n) is 7.50. The highest BCUT2D eigenvalue weighted by Gasteiger charge is 2.69. The molecule has 1 aliphatic heterocycles. The Morgan fingerprint density at radius 1 is 1.28 bits per heavy atom. The number of rotatable bonds is 3. The quantitative estimate of drug-likeness (QED) is 0.720. The Labute approximate surface area is 151 Å². The summed E-state index contributed by atoms with van der Waals surface area (Å²) in [5, 5.41) is 0. The number of fused-ring (bicyclic) bond motifs is 3. The van der Waals surface area contributed by atoms with Crippen LogP contribution in [0, 0.1) is 33.5 Å². The van der Waals surface area contributed by atoms with Crippen LogP contribution in [0.5, 0.6) is 0 Å². The monoisotopic (exact) mass is 348 g/mol. The molecule has 4 rings (SSSR count). The topological polar surface area (TPSA) is 52.6 Å². The van der Waals surface area contributed by atoms with Crippen LogP contribution < -0.4 is 0 Å². The van der Waals surface area contributed by atoms with E-state index < -0.39 is 0 Å². The summed E-state index contributed by atoms with van der Waals surface area (Å²) < 4.78 is 11.5. The molecular formula is C21H32O4. The minimum Gasteiger partial charge on any atom is -0.465 e. The van der Waals surface area contributed by atoms with Gasteiger partial charge < -0.3 is 9.47 Å². The van der Waals surface area contributed by atoms with Gasteiger partial charge in [-0.2, -0.15) is 0 Å². The van der Waals surface area contributed by atoms with Crippen LogP contribution in [0.15, 0.2) is 0 Å². The molecule has 0 amide bonds. The molecule has 0 radical (unpaired) electrons. The number of hydrogen-bond acceptors (Lipinski definition) is 4. The van der Waals surface area contributed by atoms with E-state index in [1.807, 2.05) is 0 Å². The number of esters is 2. The van der Waals surface area contributed by atoms with E-state index in [2.05, 4.69) is 34.6 Å². The van der Waals surface area contributed by atoms with Gasteiger partial charge in [0.25, 0.3) is 0 Å². The van der Waals surface area contributed by atoms with Gasteiger partial charge in [0, 0.05) is 11.3 Å². The first-order valence-electron chi connectivity index (χ1n) is 9.83. The van der Waals surface area contributed by atoms with Gasteiger partial charge in [0.2, 0.25) is 0 Å². The predicted molar refractivity (Wildman–Crippen MR) is 93.6 cm³/mol. The Hall–Kier alpha value is -1.06. The van der Waals surface area contributed by atoms with Gasteiger partial charge in [-0.05, 0) is 48.9 Å². The summed E-state index contributed by atoms with van der Waals surface area (Å²) in [4.78, 5) is 24.9. The molecule has 2 bridgehead atoms. The van der Waals surface area contributed by atoms with Gasteiger partial charge in [-0.3, -0.25) is 9.59 Å². The average Bonchev–Trinajstić information content (AvgIpc) is 2.87. The van der Waals surface area contributed by atoms with Crippen molar-refractivity contribution >= 4 is 11.9 Å². The molecule has 3 aliphatic carbocycles. The first-order chi connectivity index (χ1) is 11.5. The number of ether oxygens (including phenoxy) is 2. The zero-order valence-corrected chi connectivity index (χ0v) is 16.3. The average molecular weight is 348 g/mol. The lowest BCUT2D eigenvalue weighted by Crippen LogP contribution is -2.41. The highest BCUT2D eigenvalue weighted by molar-refractivity contribution is 5.82. The largest absolute Gasteiger partial charge is 0.465 e. The summed E-state index contributed by atoms with van der Waals surface area (Å²) in [6, 6.07) is 0. The van der Waals surface area contributed by atoms with E-state index in [1.165, 1.54) is 0 Å². The molecule has 0 aromatic rings. The van der Waals surface area contributed by atoms with Gasteiger partial charge in [-0.15, -0.1) is 0 Å². The zero-order valence-electron chi connectivity index (χ0n) is 16.3. The molecule has 0 N–H and O–H groups in total. The summed E-state index contributed by atoms with van der Waals surface area (Å²) in [5.74, 6) is 0.819. The number of carbonyl (C=O) groups is 2. The molecule has 4 heteroatoms. The molecule has 1 saturated heterocycles. The normalized spacial score (nSPS) is 44.2. The van der Waals surface area contributed by atoms with Gasteiger partial charge in [0.1, 0.15) is 6.10 Å². The van der Waals surface area contributed by atoms with Gasteiger partial charge in [-0.25, -0.2) is 0 Å². The fraction of sp³-hybridized carbons (Fsp3) is 0.905. The van der Waals surface area contributed by atoms with Crippen molar-refractivity contribution in [2.24, 2.45) is 33.5 Å². The Morgan fingerprint density at radius 2 is 1.96 bits per heavy atom. The van der Waals surface area contributed by atoms with Crippen molar-refractivity contribution in [3.8, 4) is 0 Å². The first-order valence-corrected chi connectivity index (χ1v) is 9.83. The second-order valence-corrected chi connectivity index (χ2v) is 11.2. The van der Waals surface area contributed by atoms with E-state index in [4.69, 9.17) is 9.47 Å². The standard InChI is InChI=1S/C21H32O4/c1-18(2,3)10-21(11-19(21,4)5)17(23)25-15-7-13-6-14(15)20(8-13)9-16(22)24-12-20/h13-15H,6-12H2,1-5H3. The highest BCUT2D eigenvalue weighted by atomic mass is 16.6. The van der Waals surface area contributed by atoms with Crippen molar-refractivity contribution in [3.63, 3.8) is 0 Å². The van der Waals surface area contributed by atoms with Crippen LogP contribution in [0.3, 0.4) is 0 Å². The lowest BCUT2D eigenvalue weighted by atomic mass is 9.71. The Morgan fingerprint density at radius 3 is 2.44 bits per heavy atom. The van der Waals surface area contributed by atoms with E-state index in [0.29, 0.717) is 24.9 Å². The van der Waals surface area contributed by atoms with Crippen molar-refractivity contribution < 1.29 is 19.1 Å². The lowest BCUT2D eigenvalue weighted by molar-refractivity contribution is -0.164. The van der Waals surface area contributed by atoms with Crippen LogP contribution in [-0.2, 0) is 19.1 Å². The predicted octanol–water partition coefficient (Wildman–Crippen LogP) is 4.11. The van der Waals surface area contributed by atoms with Gasteiger partial charge in [0.15, 0.2) is 0 Å². The molecular weight excluding hydrogens is 316 g/mol. The molecule has 25 heavy (non-hydrogen) atoms. The van der Waals surface area contributed by atoms with E-state index in [-0.39, 0.29) is 39.7 Å². The van der Waals surface area contributed by atoms with E-state index in [0.717, 1.165) is 32.1 Å². The summed E-state index contributed by atoms with van der Waals surface area (Å²) in [6.45, 7) is 11.5. The molecule has 5 unspecified atom stereocenters. The van der Waals surface area contributed by atoms with Crippen LogP contribution in [0.1, 0.15) is 73.1 Å². The fourth-order valence-corrected chi connectivity index (χ4v) is 6.34. The Balaban J connectivity index is 1.49. The number of hydrogen-bond donors (Lipinski definition) is 0. The van der Waals surface area contributed by atoms with Gasteiger partial charge in [-0.1, -0.05) is 34.6 Å². The van der Waals surface area contributed by atoms with Crippen LogP contribution >= 0.6 is 0 Å². The van der Waals surface area contributed by atoms with E-state index in [1.54, 1.807) is 0 Å². The molecule has 0 aromatic heterocycles. The Bertz CT molecular complexity index is 616. The van der Waals surface area contributed by atoms with Crippen molar-refractivity contribution in [1.29, 1.82) is 0 Å². The maximum atomic E-state index is 13.2. The number of cyclic esters (lactones) is 1. The van der Waals surface area contributed by atoms with Crippen LogP contribution in [0.2, 0.25) is 0 Å². The molecule has 3 saturated carbocycles. The summed E-state index contributed by atoms with van der Waals surface area (Å²) >= 11 is 0. The lowest BCUT2D eigenvalue weighted by Gasteiger charge is -2.37. The molecule has 5 atom stereocenters. The minimum atomic E-state index is -0.331. The van der Waals surface area contributed by atoms with Gasteiger partial charge >= 0.3 is 11.9 Å². The Kier molecular flexibility index (Phi) is 3.48. The molecule has 0 aromatic carbocycles. The smallest absolute Gasteiger partial charge is 0.312 e. The number of carbonyl (C=O) groups excluding carboxylic acids is 2. The van der Waals surface area contributed by atoms with Crippen LogP contribution in [0.4, 0.5) is 0 Å². The van der Waals surface area contributed by atoms with Crippen molar-refractivity contribution in [3.05, 3.63) is 0 Å². The van der Waals surface area contributed by atoms with Crippen LogP contribution in [0.25, 0.3) is 0 Å². The minimum absolute atomic E-state index is 0.00497. The first kappa shape index (κ1) is 17.4. The summed E-state index contributed by atoms with van der Waals surface area (Å²) in [6.07, 6.45) is 5.41. The second kappa shape index (κ2) is 5.01. The third-order valence-corrected chi connectivity index (χ3v) is 7.50. The van der Waals surface area contributed by atoms with Crippen molar-refractivity contribution in [1.82, 2.24) is 0 Å². The second-order valence-electron chi connectivity index (χ2n) is 11.2.